The van der Waals surface area contributed by atoms with Crippen LogP contribution >= 0.6 is 11.3 Å². The molecule has 0 radical (unpaired) electrons. The lowest BCUT2D eigenvalue weighted by Crippen LogP contribution is -2.21. The van der Waals surface area contributed by atoms with E-state index in [9.17, 15) is 0 Å². The fourth-order valence-corrected chi connectivity index (χ4v) is 3.07. The van der Waals surface area contributed by atoms with E-state index in [-0.39, 0.29) is 0 Å². The van der Waals surface area contributed by atoms with Gasteiger partial charge in [0, 0.05) is 44.0 Å². The summed E-state index contributed by atoms with van der Waals surface area (Å²) < 4.78 is 1.84. The van der Waals surface area contributed by atoms with Crippen molar-refractivity contribution in [2.45, 2.75) is 26.8 Å². The number of hydrogen-bond donors (Lipinski definition) is 1. The summed E-state index contributed by atoms with van der Waals surface area (Å²) >= 11 is 1.78. The predicted octanol–water partition coefficient (Wildman–Crippen LogP) is 2.06. The van der Waals surface area contributed by atoms with Crippen molar-refractivity contribution in [3.63, 3.8) is 0 Å². The van der Waals surface area contributed by atoms with E-state index in [1.54, 1.807) is 11.3 Å². The molecule has 2 aromatic rings. The molecule has 0 atom stereocenters. The van der Waals surface area contributed by atoms with Crippen molar-refractivity contribution < 1.29 is 0 Å². The van der Waals surface area contributed by atoms with Gasteiger partial charge in [-0.1, -0.05) is 0 Å². The third-order valence-corrected chi connectivity index (χ3v) is 4.28. The second kappa shape index (κ2) is 7.40. The van der Waals surface area contributed by atoms with Crippen molar-refractivity contribution in [1.82, 2.24) is 20.1 Å². The average Bonchev–Trinajstić information content (AvgIpc) is 3.06. The van der Waals surface area contributed by atoms with E-state index in [2.05, 4.69) is 40.3 Å². The maximum Gasteiger partial charge on any atom is 0.185 e. The lowest BCUT2D eigenvalue weighted by molar-refractivity contribution is 0.692. The van der Waals surface area contributed by atoms with Gasteiger partial charge in [0.15, 0.2) is 5.13 Å². The lowest BCUT2D eigenvalue weighted by Gasteiger charge is -2.16. The Hall–Kier alpha value is -1.40. The van der Waals surface area contributed by atoms with E-state index in [4.69, 9.17) is 0 Å². The first-order chi connectivity index (χ1) is 9.72. The highest BCUT2D eigenvalue weighted by Crippen LogP contribution is 2.21. The summed E-state index contributed by atoms with van der Waals surface area (Å²) in [4.78, 5) is 8.06. The first-order valence-electron chi connectivity index (χ1n) is 7.10. The molecule has 0 aromatic carbocycles. The van der Waals surface area contributed by atoms with Gasteiger partial charge in [-0.15, -0.1) is 11.3 Å². The van der Waals surface area contributed by atoms with E-state index < -0.39 is 0 Å². The number of thiazole rings is 1. The maximum atomic E-state index is 4.49. The molecule has 0 aliphatic heterocycles. The molecule has 2 rings (SSSR count). The predicted molar refractivity (Wildman–Crippen MR) is 84.3 cm³/mol. The van der Waals surface area contributed by atoms with Crippen molar-refractivity contribution >= 4 is 16.5 Å². The maximum absolute atomic E-state index is 4.49. The standard InChI is InChI=1S/C14H23N5S/c1-4-19(5-2)14-16-10-13(20-14)9-15-7-6-12-8-17-18(3)11-12/h8,10-11,15H,4-7,9H2,1-3H3. The molecule has 2 heterocycles. The molecule has 6 heteroatoms. The molecule has 2 aromatic heterocycles. The van der Waals surface area contributed by atoms with Crippen LogP contribution in [0.4, 0.5) is 5.13 Å². The Bertz CT molecular complexity index is 515. The molecule has 0 aliphatic carbocycles. The van der Waals surface area contributed by atoms with Crippen LogP contribution in [0.2, 0.25) is 0 Å². The molecule has 110 valence electrons. The lowest BCUT2D eigenvalue weighted by atomic mass is 10.2. The van der Waals surface area contributed by atoms with Gasteiger partial charge in [0.25, 0.3) is 0 Å². The third-order valence-electron chi connectivity index (χ3n) is 3.22. The number of anilines is 1. The summed E-state index contributed by atoms with van der Waals surface area (Å²) in [6, 6.07) is 0. The molecule has 5 nitrogen and oxygen atoms in total. The van der Waals surface area contributed by atoms with Gasteiger partial charge in [0.2, 0.25) is 0 Å². The van der Waals surface area contributed by atoms with Crippen LogP contribution in [0.25, 0.3) is 0 Å². The van der Waals surface area contributed by atoms with E-state index in [1.165, 1.54) is 10.4 Å². The number of aromatic nitrogens is 3. The largest absolute Gasteiger partial charge is 0.349 e. The normalized spacial score (nSPS) is 10.9. The zero-order valence-corrected chi connectivity index (χ0v) is 13.3. The Morgan fingerprint density at radius 1 is 1.30 bits per heavy atom. The smallest absolute Gasteiger partial charge is 0.185 e. The Morgan fingerprint density at radius 3 is 2.75 bits per heavy atom. The van der Waals surface area contributed by atoms with Gasteiger partial charge < -0.3 is 10.2 Å². The fraction of sp³-hybridized carbons (Fsp3) is 0.571. The van der Waals surface area contributed by atoms with Crippen molar-refractivity contribution in [3.05, 3.63) is 29.0 Å². The number of aryl methyl sites for hydroxylation is 1. The summed E-state index contributed by atoms with van der Waals surface area (Å²) in [5.41, 5.74) is 1.27. The van der Waals surface area contributed by atoms with Gasteiger partial charge >= 0.3 is 0 Å². The van der Waals surface area contributed by atoms with Crippen molar-refractivity contribution in [2.75, 3.05) is 24.5 Å². The van der Waals surface area contributed by atoms with Crippen LogP contribution in [0.3, 0.4) is 0 Å². The van der Waals surface area contributed by atoms with Crippen LogP contribution in [-0.4, -0.2) is 34.4 Å². The van der Waals surface area contributed by atoms with Gasteiger partial charge in [-0.05, 0) is 32.4 Å². The van der Waals surface area contributed by atoms with Gasteiger partial charge in [0.05, 0.1) is 6.20 Å². The molecular weight excluding hydrogens is 270 g/mol. The fourth-order valence-electron chi connectivity index (χ4n) is 2.06. The number of hydrogen-bond acceptors (Lipinski definition) is 5. The highest BCUT2D eigenvalue weighted by Gasteiger charge is 2.07. The minimum atomic E-state index is 0.888. The quantitative estimate of drug-likeness (QED) is 0.757. The second-order valence-corrected chi connectivity index (χ2v) is 5.82. The molecular formula is C14H23N5S. The van der Waals surface area contributed by atoms with E-state index in [1.807, 2.05) is 24.1 Å². The Labute approximate surface area is 124 Å². The summed E-state index contributed by atoms with van der Waals surface area (Å²) in [5.74, 6) is 0. The minimum absolute atomic E-state index is 0.888. The molecule has 1 N–H and O–H groups in total. The average molecular weight is 293 g/mol. The third kappa shape index (κ3) is 4.05. The number of nitrogens with one attached hydrogen (secondary N) is 1. The first kappa shape index (κ1) is 15.0. The highest BCUT2D eigenvalue weighted by atomic mass is 32.1. The Morgan fingerprint density at radius 2 is 2.10 bits per heavy atom. The van der Waals surface area contributed by atoms with E-state index >= 15 is 0 Å². The van der Waals surface area contributed by atoms with Crippen LogP contribution in [0.1, 0.15) is 24.3 Å². The molecule has 0 bridgehead atoms. The van der Waals surface area contributed by atoms with Gasteiger partial charge in [-0.3, -0.25) is 4.68 Å². The Balaban J connectivity index is 1.74. The monoisotopic (exact) mass is 293 g/mol. The zero-order chi connectivity index (χ0) is 14.4. The van der Waals surface area contributed by atoms with Crippen LogP contribution in [0.15, 0.2) is 18.6 Å². The second-order valence-electron chi connectivity index (χ2n) is 4.73. The molecule has 0 fully saturated rings. The topological polar surface area (TPSA) is 46.0 Å². The Kier molecular flexibility index (Phi) is 5.55. The summed E-state index contributed by atoms with van der Waals surface area (Å²) in [7, 11) is 1.95. The van der Waals surface area contributed by atoms with Crippen molar-refractivity contribution in [1.29, 1.82) is 0 Å². The van der Waals surface area contributed by atoms with Gasteiger partial charge in [-0.25, -0.2) is 4.98 Å². The van der Waals surface area contributed by atoms with Gasteiger partial charge in [-0.2, -0.15) is 5.10 Å². The number of rotatable bonds is 8. The SMILES string of the molecule is CCN(CC)c1ncc(CNCCc2cnn(C)c2)s1. The molecule has 0 aliphatic rings. The molecule has 20 heavy (non-hydrogen) atoms. The number of nitrogens with zero attached hydrogens (tertiary/aromatic N) is 4. The van der Waals surface area contributed by atoms with Crippen LogP contribution < -0.4 is 10.2 Å². The zero-order valence-electron chi connectivity index (χ0n) is 12.5. The molecule has 0 saturated heterocycles. The summed E-state index contributed by atoms with van der Waals surface area (Å²) in [6.07, 6.45) is 6.98. The van der Waals surface area contributed by atoms with Crippen LogP contribution in [-0.2, 0) is 20.0 Å². The first-order valence-corrected chi connectivity index (χ1v) is 7.92. The summed E-state index contributed by atoms with van der Waals surface area (Å²) in [6.45, 7) is 8.20. The molecule has 0 amide bonds. The minimum Gasteiger partial charge on any atom is -0.349 e. The summed E-state index contributed by atoms with van der Waals surface area (Å²) in [5, 5.41) is 8.76. The van der Waals surface area contributed by atoms with Crippen molar-refractivity contribution in [2.24, 2.45) is 7.05 Å². The molecule has 0 spiro atoms. The van der Waals surface area contributed by atoms with Crippen molar-refractivity contribution in [3.8, 4) is 0 Å². The van der Waals surface area contributed by atoms with E-state index in [0.29, 0.717) is 0 Å². The highest BCUT2D eigenvalue weighted by molar-refractivity contribution is 7.15. The molecule has 0 saturated carbocycles. The van der Waals surface area contributed by atoms with E-state index in [0.717, 1.165) is 37.7 Å². The van der Waals surface area contributed by atoms with Crippen LogP contribution in [0, 0.1) is 0 Å². The molecule has 0 unspecified atom stereocenters. The van der Waals surface area contributed by atoms with Gasteiger partial charge in [0.1, 0.15) is 0 Å². The van der Waals surface area contributed by atoms with Crippen LogP contribution in [0.5, 0.6) is 0 Å².